The molecule has 0 spiro atoms. The Kier molecular flexibility index (Phi) is 3.80. The van der Waals surface area contributed by atoms with Crippen LogP contribution in [0.3, 0.4) is 0 Å². The van der Waals surface area contributed by atoms with Crippen molar-refractivity contribution in [3.8, 4) is 0 Å². The van der Waals surface area contributed by atoms with Crippen LogP contribution in [0.15, 0.2) is 0 Å². The lowest BCUT2D eigenvalue weighted by atomic mass is 9.94. The maximum atomic E-state index is 12.2. The lowest BCUT2D eigenvalue weighted by Gasteiger charge is -2.29. The fourth-order valence-electron chi connectivity index (χ4n) is 3.19. The first-order valence-electron chi connectivity index (χ1n) is 7.10. The molecule has 110 valence electrons. The summed E-state index contributed by atoms with van der Waals surface area (Å²) in [6, 6.07) is -0.00139. The fourth-order valence-corrected chi connectivity index (χ4v) is 3.19. The number of hydrogen-bond donors (Lipinski definition) is 2. The predicted octanol–water partition coefficient (Wildman–Crippen LogP) is 1.36. The van der Waals surface area contributed by atoms with E-state index in [2.05, 4.69) is 19.2 Å². The first-order valence-corrected chi connectivity index (χ1v) is 7.10. The smallest absolute Gasteiger partial charge is 0.317 e. The Balaban J connectivity index is 1.93. The van der Waals surface area contributed by atoms with Crippen LogP contribution in [0, 0.1) is 5.92 Å². The average molecular weight is 270 g/mol. The summed E-state index contributed by atoms with van der Waals surface area (Å²) >= 11 is 0. The monoisotopic (exact) mass is 270 g/mol. The van der Waals surface area contributed by atoms with Crippen LogP contribution in [0.25, 0.3) is 0 Å². The van der Waals surface area contributed by atoms with Crippen LogP contribution >= 0.6 is 0 Å². The fraction of sp³-hybridized carbons (Fsp3) is 0.929. The van der Waals surface area contributed by atoms with Crippen LogP contribution < -0.4 is 5.32 Å². The quantitative estimate of drug-likeness (QED) is 0.796. The van der Waals surface area contributed by atoms with Gasteiger partial charge in [0.15, 0.2) is 0 Å². The summed E-state index contributed by atoms with van der Waals surface area (Å²) in [6.07, 6.45) is 1.71. The lowest BCUT2D eigenvalue weighted by Crippen LogP contribution is -2.50. The molecule has 0 saturated carbocycles. The van der Waals surface area contributed by atoms with E-state index in [1.807, 2.05) is 13.8 Å². The van der Waals surface area contributed by atoms with E-state index in [0.29, 0.717) is 6.54 Å². The van der Waals surface area contributed by atoms with E-state index in [9.17, 15) is 4.79 Å². The van der Waals surface area contributed by atoms with Crippen LogP contribution in [0.5, 0.6) is 0 Å². The number of ether oxygens (including phenoxy) is 1. The topological polar surface area (TPSA) is 61.8 Å². The summed E-state index contributed by atoms with van der Waals surface area (Å²) in [5.74, 6) is 0.232. The Bertz CT molecular complexity index is 355. The van der Waals surface area contributed by atoms with Gasteiger partial charge < -0.3 is 20.1 Å². The van der Waals surface area contributed by atoms with Gasteiger partial charge in [-0.2, -0.15) is 0 Å². The number of amides is 2. The summed E-state index contributed by atoms with van der Waals surface area (Å²) in [4.78, 5) is 14.0. The highest BCUT2D eigenvalue weighted by Crippen LogP contribution is 2.37. The molecule has 2 unspecified atom stereocenters. The standard InChI is InChI=1S/C14H26N2O3/c1-13(2)7-11(14(3,4)19-13)15-12(18)16-6-5-10(8-16)9-17/h10-11,17H,5-9H2,1-4H3,(H,15,18). The summed E-state index contributed by atoms with van der Waals surface area (Å²) in [7, 11) is 0. The van der Waals surface area contributed by atoms with Crippen molar-refractivity contribution in [2.75, 3.05) is 19.7 Å². The van der Waals surface area contributed by atoms with E-state index in [1.54, 1.807) is 4.90 Å². The number of aliphatic hydroxyl groups is 1. The van der Waals surface area contributed by atoms with Gasteiger partial charge in [-0.25, -0.2) is 4.79 Å². The molecule has 0 radical (unpaired) electrons. The minimum absolute atomic E-state index is 0.0307. The van der Waals surface area contributed by atoms with Crippen molar-refractivity contribution in [1.82, 2.24) is 10.2 Å². The van der Waals surface area contributed by atoms with Crippen molar-refractivity contribution < 1.29 is 14.6 Å². The molecule has 2 heterocycles. The maximum absolute atomic E-state index is 12.2. The summed E-state index contributed by atoms with van der Waals surface area (Å²) < 4.78 is 5.98. The second kappa shape index (κ2) is 4.94. The van der Waals surface area contributed by atoms with Gasteiger partial charge in [0.2, 0.25) is 0 Å². The molecule has 2 aliphatic heterocycles. The summed E-state index contributed by atoms with van der Waals surface area (Å²) in [5.41, 5.74) is -0.532. The molecule has 2 amide bonds. The molecule has 0 bridgehead atoms. The molecular formula is C14H26N2O3. The zero-order chi connectivity index (χ0) is 14.3. The summed E-state index contributed by atoms with van der Waals surface area (Å²) in [6.45, 7) is 9.69. The lowest BCUT2D eigenvalue weighted by molar-refractivity contribution is -0.0692. The Morgan fingerprint density at radius 2 is 2.11 bits per heavy atom. The Hall–Kier alpha value is -0.810. The molecule has 2 fully saturated rings. The van der Waals surface area contributed by atoms with Crippen LogP contribution in [0.1, 0.15) is 40.5 Å². The van der Waals surface area contributed by atoms with Crippen molar-refractivity contribution >= 4 is 6.03 Å². The average Bonchev–Trinajstić information content (AvgIpc) is 2.81. The number of rotatable bonds is 2. The van der Waals surface area contributed by atoms with Gasteiger partial charge in [0, 0.05) is 25.6 Å². The highest BCUT2D eigenvalue weighted by Gasteiger charge is 2.47. The van der Waals surface area contributed by atoms with Crippen LogP contribution in [0.4, 0.5) is 4.79 Å². The number of carbonyl (C=O) groups excluding carboxylic acids is 1. The van der Waals surface area contributed by atoms with E-state index < -0.39 is 0 Å². The number of urea groups is 1. The molecule has 2 aliphatic rings. The molecule has 0 aromatic rings. The number of carbonyl (C=O) groups is 1. The van der Waals surface area contributed by atoms with Crippen molar-refractivity contribution in [3.63, 3.8) is 0 Å². The van der Waals surface area contributed by atoms with Gasteiger partial charge in [-0.1, -0.05) is 0 Å². The van der Waals surface area contributed by atoms with Gasteiger partial charge in [0.25, 0.3) is 0 Å². The molecule has 2 rings (SSSR count). The zero-order valence-electron chi connectivity index (χ0n) is 12.4. The third-order valence-electron chi connectivity index (χ3n) is 4.20. The minimum Gasteiger partial charge on any atom is -0.396 e. The second-order valence-electron chi connectivity index (χ2n) is 6.95. The van der Waals surface area contributed by atoms with Gasteiger partial charge in [0.1, 0.15) is 0 Å². The number of nitrogens with one attached hydrogen (secondary N) is 1. The molecule has 5 nitrogen and oxygen atoms in total. The van der Waals surface area contributed by atoms with Crippen LogP contribution in [0.2, 0.25) is 0 Å². The molecule has 2 N–H and O–H groups in total. The first kappa shape index (κ1) is 14.6. The van der Waals surface area contributed by atoms with Crippen molar-refractivity contribution in [2.45, 2.75) is 57.8 Å². The van der Waals surface area contributed by atoms with E-state index in [-0.39, 0.29) is 35.8 Å². The van der Waals surface area contributed by atoms with Crippen molar-refractivity contribution in [2.24, 2.45) is 5.92 Å². The molecule has 0 aromatic heterocycles. The number of aliphatic hydroxyl groups excluding tert-OH is 1. The number of hydrogen-bond acceptors (Lipinski definition) is 3. The molecular weight excluding hydrogens is 244 g/mol. The third-order valence-corrected chi connectivity index (χ3v) is 4.20. The van der Waals surface area contributed by atoms with Gasteiger partial charge in [-0.05, 0) is 40.5 Å². The van der Waals surface area contributed by atoms with E-state index >= 15 is 0 Å². The van der Waals surface area contributed by atoms with Crippen molar-refractivity contribution in [3.05, 3.63) is 0 Å². The van der Waals surface area contributed by atoms with Crippen LogP contribution in [-0.2, 0) is 4.74 Å². The highest BCUT2D eigenvalue weighted by atomic mass is 16.5. The second-order valence-corrected chi connectivity index (χ2v) is 6.95. The summed E-state index contributed by atoms with van der Waals surface area (Å²) in [5, 5.41) is 12.2. The maximum Gasteiger partial charge on any atom is 0.317 e. The SMILES string of the molecule is CC1(C)CC(NC(=O)N2CCC(CO)C2)C(C)(C)O1. The van der Waals surface area contributed by atoms with Crippen molar-refractivity contribution in [1.29, 1.82) is 0 Å². The molecule has 0 aliphatic carbocycles. The van der Waals surface area contributed by atoms with Crippen LogP contribution in [-0.4, -0.2) is 53.0 Å². The normalized spacial score (nSPS) is 32.6. The Morgan fingerprint density at radius 1 is 1.42 bits per heavy atom. The van der Waals surface area contributed by atoms with Gasteiger partial charge in [-0.15, -0.1) is 0 Å². The molecule has 2 atom stereocenters. The van der Waals surface area contributed by atoms with E-state index in [1.165, 1.54) is 0 Å². The molecule has 19 heavy (non-hydrogen) atoms. The van der Waals surface area contributed by atoms with Gasteiger partial charge in [-0.3, -0.25) is 0 Å². The number of likely N-dealkylation sites (tertiary alicyclic amines) is 1. The first-order chi connectivity index (χ1) is 8.73. The zero-order valence-corrected chi connectivity index (χ0v) is 12.4. The van der Waals surface area contributed by atoms with E-state index in [0.717, 1.165) is 19.4 Å². The third kappa shape index (κ3) is 3.20. The Labute approximate surface area is 115 Å². The van der Waals surface area contributed by atoms with Gasteiger partial charge in [0.05, 0.1) is 17.2 Å². The minimum atomic E-state index is -0.338. The predicted molar refractivity (Wildman–Crippen MR) is 72.9 cm³/mol. The number of nitrogens with zero attached hydrogens (tertiary/aromatic N) is 1. The highest BCUT2D eigenvalue weighted by molar-refractivity contribution is 5.75. The molecule has 2 saturated heterocycles. The molecule has 5 heteroatoms. The largest absolute Gasteiger partial charge is 0.396 e. The van der Waals surface area contributed by atoms with Gasteiger partial charge >= 0.3 is 6.03 Å². The molecule has 0 aromatic carbocycles. The van der Waals surface area contributed by atoms with E-state index in [4.69, 9.17) is 9.84 Å². The Morgan fingerprint density at radius 3 is 2.58 bits per heavy atom.